The average molecular weight is 165 g/mol. The van der Waals surface area contributed by atoms with Crippen molar-refractivity contribution in [1.82, 2.24) is 9.78 Å². The van der Waals surface area contributed by atoms with Crippen LogP contribution in [0, 0.1) is 11.3 Å². The maximum absolute atomic E-state index is 10.9. The number of nitrogens with zero attached hydrogens (tertiary/aromatic N) is 3. The predicted molar refractivity (Wildman–Crippen MR) is 39.3 cm³/mol. The summed E-state index contributed by atoms with van der Waals surface area (Å²) >= 11 is 0. The van der Waals surface area contributed by atoms with Gasteiger partial charge in [0.15, 0.2) is 5.69 Å². The Balaban J connectivity index is 3.07. The molecule has 0 amide bonds. The largest absolute Gasteiger partial charge is 0.464 e. The maximum atomic E-state index is 10.9. The van der Waals surface area contributed by atoms with Gasteiger partial charge < -0.3 is 4.74 Å². The minimum atomic E-state index is -0.535. The summed E-state index contributed by atoms with van der Waals surface area (Å²) in [5.41, 5.74) is 0.479. The van der Waals surface area contributed by atoms with Gasteiger partial charge in [0.1, 0.15) is 11.8 Å². The molecule has 0 unspecified atom stereocenters. The van der Waals surface area contributed by atoms with E-state index in [0.717, 1.165) is 0 Å². The summed E-state index contributed by atoms with van der Waals surface area (Å²) in [6.07, 6.45) is 0. The van der Waals surface area contributed by atoms with Crippen molar-refractivity contribution in [2.45, 2.75) is 0 Å². The van der Waals surface area contributed by atoms with Crippen molar-refractivity contribution in [3.63, 3.8) is 0 Å². The number of methoxy groups -OCH3 is 1. The normalized spacial score (nSPS) is 9.08. The molecule has 0 radical (unpaired) electrons. The van der Waals surface area contributed by atoms with Crippen molar-refractivity contribution in [3.05, 3.63) is 17.5 Å². The molecule has 0 saturated carbocycles. The number of carbonyl (C=O) groups excluding carboxylic acids is 1. The minimum absolute atomic E-state index is 0.150. The SMILES string of the molecule is COC(=O)c1cc(C#N)n(C)n1. The maximum Gasteiger partial charge on any atom is 0.358 e. The van der Waals surface area contributed by atoms with E-state index < -0.39 is 5.97 Å². The van der Waals surface area contributed by atoms with Crippen LogP contribution in [0.2, 0.25) is 0 Å². The van der Waals surface area contributed by atoms with Gasteiger partial charge in [-0.1, -0.05) is 0 Å². The molecule has 1 heterocycles. The number of nitriles is 1. The topological polar surface area (TPSA) is 67.9 Å². The first-order valence-corrected chi connectivity index (χ1v) is 3.21. The molecule has 0 saturated heterocycles. The number of esters is 1. The van der Waals surface area contributed by atoms with Crippen LogP contribution in [-0.4, -0.2) is 22.9 Å². The Bertz CT molecular complexity index is 348. The number of carbonyl (C=O) groups is 1. The molecule has 1 rings (SSSR count). The number of hydrogen-bond donors (Lipinski definition) is 0. The molecule has 5 nitrogen and oxygen atoms in total. The van der Waals surface area contributed by atoms with E-state index in [-0.39, 0.29) is 5.69 Å². The molecule has 0 aliphatic rings. The lowest BCUT2D eigenvalue weighted by atomic mass is 10.4. The van der Waals surface area contributed by atoms with Crippen LogP contribution < -0.4 is 0 Å². The standard InChI is InChI=1S/C7H7N3O2/c1-10-5(4-8)3-6(9-10)7(11)12-2/h3H,1-2H3. The van der Waals surface area contributed by atoms with Gasteiger partial charge in [0, 0.05) is 13.1 Å². The van der Waals surface area contributed by atoms with Gasteiger partial charge in [-0.05, 0) is 0 Å². The van der Waals surface area contributed by atoms with Gasteiger partial charge in [0.05, 0.1) is 7.11 Å². The predicted octanol–water partition coefficient (Wildman–Crippen LogP) is 0.0784. The Kier molecular flexibility index (Phi) is 2.10. The van der Waals surface area contributed by atoms with Crippen LogP contribution in [0.25, 0.3) is 0 Å². The molecule has 12 heavy (non-hydrogen) atoms. The summed E-state index contributed by atoms with van der Waals surface area (Å²) in [7, 11) is 2.86. The molecule has 0 bridgehead atoms. The molecule has 1 aromatic heterocycles. The molecule has 5 heteroatoms. The van der Waals surface area contributed by atoms with Crippen LogP contribution >= 0.6 is 0 Å². The summed E-state index contributed by atoms with van der Waals surface area (Å²) in [4.78, 5) is 10.9. The highest BCUT2D eigenvalue weighted by atomic mass is 16.5. The van der Waals surface area contributed by atoms with Crippen molar-refractivity contribution in [3.8, 4) is 6.07 Å². The van der Waals surface area contributed by atoms with E-state index in [9.17, 15) is 4.79 Å². The molecule has 0 aromatic carbocycles. The molecule has 1 aromatic rings. The molecule has 0 spiro atoms. The van der Waals surface area contributed by atoms with Crippen molar-refractivity contribution in [2.75, 3.05) is 7.11 Å². The van der Waals surface area contributed by atoms with Gasteiger partial charge in [-0.2, -0.15) is 10.4 Å². The van der Waals surface area contributed by atoms with E-state index in [0.29, 0.717) is 5.69 Å². The number of rotatable bonds is 1. The van der Waals surface area contributed by atoms with Crippen molar-refractivity contribution in [2.24, 2.45) is 7.05 Å². The Morgan fingerprint density at radius 3 is 2.92 bits per heavy atom. The van der Waals surface area contributed by atoms with Crippen LogP contribution in [0.1, 0.15) is 16.2 Å². The van der Waals surface area contributed by atoms with Gasteiger partial charge in [0.2, 0.25) is 0 Å². The summed E-state index contributed by atoms with van der Waals surface area (Å²) in [5.74, 6) is -0.535. The number of aryl methyl sites for hydroxylation is 1. The lowest BCUT2D eigenvalue weighted by Crippen LogP contribution is -2.02. The first-order valence-electron chi connectivity index (χ1n) is 3.21. The van der Waals surface area contributed by atoms with Gasteiger partial charge in [-0.15, -0.1) is 0 Å². The molecule has 0 N–H and O–H groups in total. The third-order valence-corrected chi connectivity index (χ3v) is 1.39. The van der Waals surface area contributed by atoms with Gasteiger partial charge in [-0.25, -0.2) is 4.79 Å². The van der Waals surface area contributed by atoms with E-state index in [2.05, 4.69) is 9.84 Å². The third-order valence-electron chi connectivity index (χ3n) is 1.39. The van der Waals surface area contributed by atoms with Crippen LogP contribution in [0.15, 0.2) is 6.07 Å². The second-order valence-electron chi connectivity index (χ2n) is 2.14. The summed E-state index contributed by atoms with van der Waals surface area (Å²) in [6.45, 7) is 0. The second kappa shape index (κ2) is 3.05. The van der Waals surface area contributed by atoms with Crippen LogP contribution in [0.5, 0.6) is 0 Å². The van der Waals surface area contributed by atoms with E-state index in [1.54, 1.807) is 7.05 Å². The summed E-state index contributed by atoms with van der Waals surface area (Å²) < 4.78 is 5.75. The average Bonchev–Trinajstić information content (AvgIpc) is 2.45. The van der Waals surface area contributed by atoms with Gasteiger partial charge in [0.25, 0.3) is 0 Å². The third kappa shape index (κ3) is 1.27. The molecule has 0 atom stereocenters. The monoisotopic (exact) mass is 165 g/mol. The first-order chi connectivity index (χ1) is 5.69. The summed E-state index contributed by atoms with van der Waals surface area (Å²) in [6, 6.07) is 3.27. The molecule has 0 aliphatic carbocycles. The highest BCUT2D eigenvalue weighted by Gasteiger charge is 2.11. The van der Waals surface area contributed by atoms with E-state index >= 15 is 0 Å². The van der Waals surface area contributed by atoms with Gasteiger partial charge >= 0.3 is 5.97 Å². The molecule has 0 aliphatic heterocycles. The van der Waals surface area contributed by atoms with Gasteiger partial charge in [-0.3, -0.25) is 4.68 Å². The zero-order chi connectivity index (χ0) is 9.14. The quantitative estimate of drug-likeness (QED) is 0.552. The fourth-order valence-electron chi connectivity index (χ4n) is 0.776. The number of ether oxygens (including phenoxy) is 1. The zero-order valence-electron chi connectivity index (χ0n) is 6.74. The first kappa shape index (κ1) is 8.27. The fraction of sp³-hybridized carbons (Fsp3) is 0.286. The Morgan fingerprint density at radius 1 is 1.83 bits per heavy atom. The number of aromatic nitrogens is 2. The van der Waals surface area contributed by atoms with Crippen LogP contribution in [-0.2, 0) is 11.8 Å². The van der Waals surface area contributed by atoms with Crippen molar-refractivity contribution < 1.29 is 9.53 Å². The lowest BCUT2D eigenvalue weighted by molar-refractivity contribution is 0.0593. The smallest absolute Gasteiger partial charge is 0.358 e. The number of hydrogen-bond acceptors (Lipinski definition) is 4. The van der Waals surface area contributed by atoms with Crippen molar-refractivity contribution in [1.29, 1.82) is 5.26 Å². The molecule has 0 fully saturated rings. The minimum Gasteiger partial charge on any atom is -0.464 e. The van der Waals surface area contributed by atoms with E-state index in [4.69, 9.17) is 5.26 Å². The van der Waals surface area contributed by atoms with E-state index in [1.807, 2.05) is 6.07 Å². The molecular weight excluding hydrogens is 158 g/mol. The highest BCUT2D eigenvalue weighted by molar-refractivity contribution is 5.87. The zero-order valence-corrected chi connectivity index (χ0v) is 6.74. The lowest BCUT2D eigenvalue weighted by Gasteiger charge is -1.90. The second-order valence-corrected chi connectivity index (χ2v) is 2.14. The fourth-order valence-corrected chi connectivity index (χ4v) is 0.776. The molecule has 62 valence electrons. The Morgan fingerprint density at radius 2 is 2.50 bits per heavy atom. The van der Waals surface area contributed by atoms with Crippen LogP contribution in [0.3, 0.4) is 0 Å². The Hall–Kier alpha value is -1.83. The molecular formula is C7H7N3O2. The summed E-state index contributed by atoms with van der Waals surface area (Å²) in [5, 5.41) is 12.3. The Labute approximate surface area is 69.2 Å². The highest BCUT2D eigenvalue weighted by Crippen LogP contribution is 2.02. The van der Waals surface area contributed by atoms with Crippen molar-refractivity contribution >= 4 is 5.97 Å². The van der Waals surface area contributed by atoms with E-state index in [1.165, 1.54) is 17.9 Å². The van der Waals surface area contributed by atoms with Crippen LogP contribution in [0.4, 0.5) is 0 Å².